The molecule has 1 fully saturated rings. The van der Waals surface area contributed by atoms with Gasteiger partial charge in [0, 0.05) is 83.4 Å². The molecule has 4 heterocycles. The minimum atomic E-state index is -1.18. The Kier molecular flexibility index (Phi) is 11.9. The number of nitrogens with zero attached hydrogens (tertiary/aromatic N) is 5. The maximum atomic E-state index is 13.3. The van der Waals surface area contributed by atoms with Gasteiger partial charge in [-0.25, -0.2) is 4.79 Å². The lowest BCUT2D eigenvalue weighted by molar-refractivity contribution is -0.00391. The molecule has 0 spiro atoms. The first kappa shape index (κ1) is 39.4. The van der Waals surface area contributed by atoms with Crippen LogP contribution in [0.15, 0.2) is 66.4 Å². The highest BCUT2D eigenvalue weighted by Crippen LogP contribution is 2.42. The number of pyridine rings is 1. The molecule has 10 nitrogen and oxygen atoms in total. The van der Waals surface area contributed by atoms with Crippen molar-refractivity contribution in [3.8, 4) is 5.88 Å². The molecular formula is C43H56ClN5O5Si. The Morgan fingerprint density at radius 2 is 1.76 bits per heavy atom. The highest BCUT2D eigenvalue weighted by molar-refractivity contribution is 6.76. The van der Waals surface area contributed by atoms with Crippen molar-refractivity contribution in [1.82, 2.24) is 14.5 Å². The molecule has 2 aromatic carbocycles. The van der Waals surface area contributed by atoms with Crippen LogP contribution in [0.3, 0.4) is 0 Å². The predicted molar refractivity (Wildman–Crippen MR) is 225 cm³/mol. The number of halogens is 1. The van der Waals surface area contributed by atoms with Crippen LogP contribution in [-0.2, 0) is 20.9 Å². The first-order chi connectivity index (χ1) is 26.4. The van der Waals surface area contributed by atoms with E-state index in [9.17, 15) is 4.79 Å². The normalized spacial score (nSPS) is 19.7. The summed E-state index contributed by atoms with van der Waals surface area (Å²) in [5.41, 5.74) is 8.03. The largest absolute Gasteiger partial charge is 0.476 e. The molecule has 12 heteroatoms. The Balaban J connectivity index is 1.11. The number of benzene rings is 2. The smallest absolute Gasteiger partial charge is 0.339 e. The topological polar surface area (TPSA) is 81.5 Å². The number of carbonyl (C=O) groups excluding carboxylic acids is 1. The number of methoxy groups -OCH3 is 2. The molecule has 2 aliphatic heterocycles. The molecule has 2 aromatic heterocycles. The van der Waals surface area contributed by atoms with Gasteiger partial charge in [0.15, 0.2) is 0 Å². The molecule has 294 valence electrons. The lowest BCUT2D eigenvalue weighted by atomic mass is 9.79. The fourth-order valence-corrected chi connectivity index (χ4v) is 8.87. The number of piperazine rings is 1. The Morgan fingerprint density at radius 1 is 0.982 bits per heavy atom. The van der Waals surface area contributed by atoms with E-state index in [2.05, 4.69) is 77.7 Å². The third kappa shape index (κ3) is 9.07. The molecule has 0 saturated carbocycles. The van der Waals surface area contributed by atoms with Gasteiger partial charge in [0.2, 0.25) is 5.88 Å². The van der Waals surface area contributed by atoms with E-state index in [1.54, 1.807) is 0 Å². The van der Waals surface area contributed by atoms with Gasteiger partial charge in [-0.2, -0.15) is 4.98 Å². The van der Waals surface area contributed by atoms with Crippen molar-refractivity contribution in [2.75, 3.05) is 76.5 Å². The van der Waals surface area contributed by atoms with Crippen molar-refractivity contribution in [2.24, 2.45) is 0 Å². The molecule has 1 saturated heterocycles. The van der Waals surface area contributed by atoms with Crippen LogP contribution in [0, 0.1) is 0 Å². The SMILES string of the molecule is COC(=O)c1ccc(N2CCN(CC3=C(c4ccc(Cl)cc4)CCC(C)(OC)C3)CC2)cc1N1CCCOc2nc3c(ccn3COCC[Si](C)(C)C)cc21. The number of anilines is 3. The third-order valence-electron chi connectivity index (χ3n) is 11.4. The average Bonchev–Trinajstić information content (AvgIpc) is 3.45. The maximum Gasteiger partial charge on any atom is 0.339 e. The second kappa shape index (κ2) is 16.7. The summed E-state index contributed by atoms with van der Waals surface area (Å²) in [5, 5.41) is 1.75. The first-order valence-electron chi connectivity index (χ1n) is 19.6. The standard InChI is InChI=1S/C43H56ClN5O5Si/c1-43(52-3)16-14-36(31-8-10-34(44)11-9-31)33(28-43)29-46-19-21-47(22-20-46)35-12-13-37(42(50)51-2)38(27-35)49-17-7-23-54-41-39(49)26-32-15-18-48(40(32)45-41)30-53-24-25-55(4,5)6/h8-13,15,18,26-27H,7,14,16-17,19-25,28-30H2,1-6H3. The van der Waals surface area contributed by atoms with Gasteiger partial charge in [-0.05, 0) is 97.8 Å². The van der Waals surface area contributed by atoms with Crippen molar-refractivity contribution in [2.45, 2.75) is 70.6 Å². The zero-order chi connectivity index (χ0) is 38.7. The Labute approximate surface area is 331 Å². The summed E-state index contributed by atoms with van der Waals surface area (Å²) < 4.78 is 25.7. The second-order valence-corrected chi connectivity index (χ2v) is 22.6. The molecule has 7 rings (SSSR count). The van der Waals surface area contributed by atoms with Crippen LogP contribution in [0.2, 0.25) is 30.7 Å². The lowest BCUT2D eigenvalue weighted by Crippen LogP contribution is -2.47. The van der Waals surface area contributed by atoms with Gasteiger partial charge >= 0.3 is 5.97 Å². The molecule has 0 N–H and O–H groups in total. The van der Waals surface area contributed by atoms with Crippen molar-refractivity contribution in [1.29, 1.82) is 0 Å². The summed E-state index contributed by atoms with van der Waals surface area (Å²) in [4.78, 5) is 25.5. The molecule has 0 bridgehead atoms. The zero-order valence-electron chi connectivity index (χ0n) is 33.3. The van der Waals surface area contributed by atoms with E-state index < -0.39 is 8.07 Å². The number of allylic oxidation sites excluding steroid dienone is 1. The van der Waals surface area contributed by atoms with Crippen molar-refractivity contribution in [3.05, 3.63) is 82.5 Å². The molecule has 1 atom stereocenters. The monoisotopic (exact) mass is 785 g/mol. The van der Waals surface area contributed by atoms with Crippen LogP contribution in [0.25, 0.3) is 16.6 Å². The van der Waals surface area contributed by atoms with Crippen LogP contribution >= 0.6 is 11.6 Å². The quantitative estimate of drug-likeness (QED) is 0.0795. The van der Waals surface area contributed by atoms with Gasteiger partial charge in [-0.1, -0.05) is 43.4 Å². The lowest BCUT2D eigenvalue weighted by Gasteiger charge is -2.40. The molecule has 1 unspecified atom stereocenters. The summed E-state index contributed by atoms with van der Waals surface area (Å²) in [6, 6.07) is 19.7. The van der Waals surface area contributed by atoms with Gasteiger partial charge < -0.3 is 33.3 Å². The number of ether oxygens (including phenoxy) is 4. The number of aromatic nitrogens is 2. The maximum absolute atomic E-state index is 13.3. The molecule has 1 aliphatic carbocycles. The molecular weight excluding hydrogens is 730 g/mol. The van der Waals surface area contributed by atoms with Gasteiger partial charge in [0.25, 0.3) is 0 Å². The Bertz CT molecular complexity index is 2020. The van der Waals surface area contributed by atoms with E-state index in [0.29, 0.717) is 31.3 Å². The molecule has 0 radical (unpaired) electrons. The van der Waals surface area contributed by atoms with E-state index in [0.717, 1.165) is 104 Å². The van der Waals surface area contributed by atoms with E-state index >= 15 is 0 Å². The Morgan fingerprint density at radius 3 is 2.49 bits per heavy atom. The minimum Gasteiger partial charge on any atom is -0.476 e. The van der Waals surface area contributed by atoms with E-state index in [1.165, 1.54) is 23.8 Å². The number of hydrogen-bond acceptors (Lipinski definition) is 9. The van der Waals surface area contributed by atoms with Crippen LogP contribution in [-0.4, -0.2) is 101 Å². The molecule has 4 aromatic rings. The van der Waals surface area contributed by atoms with Crippen molar-refractivity contribution >= 4 is 59.3 Å². The average molecular weight is 786 g/mol. The predicted octanol–water partition coefficient (Wildman–Crippen LogP) is 8.87. The summed E-state index contributed by atoms with van der Waals surface area (Å²) in [6.45, 7) is 16.2. The van der Waals surface area contributed by atoms with Crippen LogP contribution in [0.1, 0.15) is 48.5 Å². The minimum absolute atomic E-state index is 0.158. The summed E-state index contributed by atoms with van der Waals surface area (Å²) in [5.74, 6) is 0.190. The summed E-state index contributed by atoms with van der Waals surface area (Å²) in [6.07, 6.45) is 5.70. The van der Waals surface area contributed by atoms with Crippen molar-refractivity contribution in [3.63, 3.8) is 0 Å². The second-order valence-electron chi connectivity index (χ2n) is 16.6. The molecule has 3 aliphatic rings. The fraction of sp³-hybridized carbons (Fsp3) is 0.488. The number of carbonyl (C=O) groups is 1. The van der Waals surface area contributed by atoms with Gasteiger partial charge in [-0.3, -0.25) is 4.90 Å². The fourth-order valence-electron chi connectivity index (χ4n) is 7.99. The summed E-state index contributed by atoms with van der Waals surface area (Å²) >= 11 is 6.25. The molecule has 55 heavy (non-hydrogen) atoms. The number of esters is 1. The van der Waals surface area contributed by atoms with Gasteiger partial charge in [0.05, 0.1) is 30.6 Å². The third-order valence-corrected chi connectivity index (χ3v) is 13.4. The van der Waals surface area contributed by atoms with E-state index in [1.807, 2.05) is 36.1 Å². The van der Waals surface area contributed by atoms with E-state index in [-0.39, 0.29) is 11.6 Å². The first-order valence-corrected chi connectivity index (χ1v) is 23.7. The van der Waals surface area contributed by atoms with Crippen LogP contribution < -0.4 is 14.5 Å². The number of rotatable bonds is 12. The highest BCUT2D eigenvalue weighted by atomic mass is 35.5. The number of fused-ring (bicyclic) bond motifs is 2. The summed E-state index contributed by atoms with van der Waals surface area (Å²) in [7, 11) is 2.09. The zero-order valence-corrected chi connectivity index (χ0v) is 35.1. The van der Waals surface area contributed by atoms with E-state index in [4.69, 9.17) is 35.5 Å². The molecule has 0 amide bonds. The number of hydrogen-bond donors (Lipinski definition) is 0. The highest BCUT2D eigenvalue weighted by Gasteiger charge is 2.33. The Hall–Kier alpha value is -3.87. The van der Waals surface area contributed by atoms with Crippen molar-refractivity contribution < 1.29 is 23.7 Å². The van der Waals surface area contributed by atoms with Gasteiger partial charge in [0.1, 0.15) is 18.1 Å². The van der Waals surface area contributed by atoms with Crippen LogP contribution in [0.4, 0.5) is 17.1 Å². The van der Waals surface area contributed by atoms with Gasteiger partial charge in [-0.15, -0.1) is 0 Å². The van der Waals surface area contributed by atoms with Crippen LogP contribution in [0.5, 0.6) is 5.88 Å².